The van der Waals surface area contributed by atoms with Crippen molar-refractivity contribution in [2.24, 2.45) is 0 Å². The molecule has 110 valence electrons. The highest BCUT2D eigenvalue weighted by atomic mass is 32.1. The van der Waals surface area contributed by atoms with Crippen LogP contribution in [0.15, 0.2) is 29.8 Å². The first-order valence-electron chi connectivity index (χ1n) is 6.75. The summed E-state index contributed by atoms with van der Waals surface area (Å²) in [4.78, 5) is 7.30. The van der Waals surface area contributed by atoms with Crippen LogP contribution in [-0.4, -0.2) is 4.98 Å². The molecule has 0 bridgehead atoms. The Morgan fingerprint density at radius 1 is 1.43 bits per heavy atom. The summed E-state index contributed by atoms with van der Waals surface area (Å²) in [6, 6.07) is 6.23. The Kier molecular flexibility index (Phi) is 8.06. The quantitative estimate of drug-likeness (QED) is 0.552. The highest BCUT2D eigenvalue weighted by Gasteiger charge is 2.06. The molecule has 0 saturated carbocycles. The number of hydrogen-bond donors (Lipinski definition) is 1. The number of thiophene rings is 1. The van der Waals surface area contributed by atoms with Crippen LogP contribution in [0, 0.1) is 11.3 Å². The monoisotopic (exact) mass is 334 g/mol. The lowest BCUT2D eigenvalue weighted by atomic mass is 10.2. The predicted octanol–water partition coefficient (Wildman–Crippen LogP) is 5.98. The molecule has 2 heterocycles. The molecule has 2 rings (SSSR count). The van der Waals surface area contributed by atoms with Crippen LogP contribution in [-0.2, 0) is 0 Å². The van der Waals surface area contributed by atoms with E-state index in [0.717, 1.165) is 26.1 Å². The maximum Gasteiger partial charge on any atom is 0.133 e. The molecule has 0 aliphatic carbocycles. The first kappa shape index (κ1) is 17.7. The van der Waals surface area contributed by atoms with Crippen molar-refractivity contribution < 1.29 is 0 Å². The fraction of sp³-hybridized carbons (Fsp3) is 0.250. The van der Waals surface area contributed by atoms with Crippen LogP contribution in [0.3, 0.4) is 0 Å². The van der Waals surface area contributed by atoms with Crippen LogP contribution >= 0.6 is 35.3 Å². The van der Waals surface area contributed by atoms with Crippen LogP contribution < -0.4 is 0 Å². The predicted molar refractivity (Wildman–Crippen MR) is 98.5 cm³/mol. The van der Waals surface area contributed by atoms with Crippen molar-refractivity contribution in [1.82, 2.24) is 4.98 Å². The second-order valence-electron chi connectivity index (χ2n) is 3.71. The van der Waals surface area contributed by atoms with Crippen molar-refractivity contribution in [3.8, 4) is 6.07 Å². The molecule has 0 aliphatic heterocycles. The minimum Gasteiger partial charge on any atom is -0.244 e. The molecular formula is C16H18N2S3. The van der Waals surface area contributed by atoms with Gasteiger partial charge in [0.2, 0.25) is 0 Å². The zero-order valence-corrected chi connectivity index (χ0v) is 14.9. The molecule has 0 radical (unpaired) electrons. The summed E-state index contributed by atoms with van der Waals surface area (Å²) in [6.07, 6.45) is 6.62. The van der Waals surface area contributed by atoms with Crippen molar-refractivity contribution in [2.75, 3.05) is 0 Å². The van der Waals surface area contributed by atoms with Crippen molar-refractivity contribution in [3.05, 3.63) is 44.5 Å². The van der Waals surface area contributed by atoms with E-state index >= 15 is 0 Å². The second-order valence-corrected chi connectivity index (χ2v) is 6.20. The molecule has 0 spiro atoms. The summed E-state index contributed by atoms with van der Waals surface area (Å²) in [5, 5.41) is 11.8. The average molecular weight is 335 g/mol. The summed E-state index contributed by atoms with van der Waals surface area (Å²) in [5.74, 6) is 0. The SMILES string of the molecule is CC.CC/C=C(\S)c1ccc(/C=C(\C#N)c2nccs2)s1. The zero-order valence-electron chi connectivity index (χ0n) is 12.3. The molecule has 0 saturated heterocycles. The standard InChI is InChI=1S/C14H12N2S3.C2H6/c1-2-3-12(17)13-5-4-11(19-13)8-10(9-15)14-16-6-7-18-14;1-2/h3-8,17H,2H2,1H3;1-2H3/b10-8+,12-3-;. The second kappa shape index (κ2) is 9.56. The van der Waals surface area contributed by atoms with E-state index in [1.807, 2.05) is 37.4 Å². The van der Waals surface area contributed by atoms with Crippen molar-refractivity contribution in [1.29, 1.82) is 5.26 Å². The van der Waals surface area contributed by atoms with Crippen LogP contribution in [0.2, 0.25) is 0 Å². The van der Waals surface area contributed by atoms with E-state index in [9.17, 15) is 5.26 Å². The van der Waals surface area contributed by atoms with Crippen molar-refractivity contribution >= 4 is 51.9 Å². The smallest absolute Gasteiger partial charge is 0.133 e. The van der Waals surface area contributed by atoms with E-state index < -0.39 is 0 Å². The number of allylic oxidation sites excluding steroid dienone is 2. The summed E-state index contributed by atoms with van der Waals surface area (Å²) >= 11 is 7.56. The van der Waals surface area contributed by atoms with Gasteiger partial charge in [-0.3, -0.25) is 0 Å². The molecule has 2 nitrogen and oxygen atoms in total. The molecule has 0 N–H and O–H groups in total. The number of thiazole rings is 1. The van der Waals surface area contributed by atoms with E-state index in [4.69, 9.17) is 0 Å². The van der Waals surface area contributed by atoms with Gasteiger partial charge in [0.25, 0.3) is 0 Å². The number of nitriles is 1. The summed E-state index contributed by atoms with van der Waals surface area (Å²) in [6.45, 7) is 6.08. The molecular weight excluding hydrogens is 316 g/mol. The van der Waals surface area contributed by atoms with Crippen LogP contribution in [0.5, 0.6) is 0 Å². The lowest BCUT2D eigenvalue weighted by molar-refractivity contribution is 1.23. The van der Waals surface area contributed by atoms with Gasteiger partial charge in [0, 0.05) is 26.2 Å². The van der Waals surface area contributed by atoms with E-state index in [0.29, 0.717) is 5.57 Å². The van der Waals surface area contributed by atoms with Gasteiger partial charge in [-0.1, -0.05) is 26.8 Å². The van der Waals surface area contributed by atoms with Gasteiger partial charge in [-0.15, -0.1) is 35.3 Å². The zero-order chi connectivity index (χ0) is 15.7. The third-order valence-corrected chi connectivity index (χ3v) is 4.79. The summed E-state index contributed by atoms with van der Waals surface area (Å²) in [5.41, 5.74) is 0.601. The molecule has 21 heavy (non-hydrogen) atoms. The number of nitrogens with zero attached hydrogens (tertiary/aromatic N) is 2. The molecule has 0 amide bonds. The maximum absolute atomic E-state index is 9.19. The number of hydrogen-bond acceptors (Lipinski definition) is 5. The number of aromatic nitrogens is 1. The molecule has 0 unspecified atom stereocenters. The minimum absolute atomic E-state index is 0.601. The fourth-order valence-electron chi connectivity index (χ4n) is 1.50. The normalized spacial score (nSPS) is 11.6. The van der Waals surface area contributed by atoms with Crippen LogP contribution in [0.25, 0.3) is 16.6 Å². The largest absolute Gasteiger partial charge is 0.244 e. The Morgan fingerprint density at radius 3 is 2.76 bits per heavy atom. The van der Waals surface area contributed by atoms with Gasteiger partial charge in [-0.05, 0) is 24.6 Å². The summed E-state index contributed by atoms with van der Waals surface area (Å²) in [7, 11) is 0. The van der Waals surface area contributed by atoms with Crippen LogP contribution in [0.4, 0.5) is 0 Å². The Hall–Kier alpha value is -1.35. The van der Waals surface area contributed by atoms with Gasteiger partial charge in [0.1, 0.15) is 11.1 Å². The highest BCUT2D eigenvalue weighted by Crippen LogP contribution is 2.30. The van der Waals surface area contributed by atoms with E-state index in [1.54, 1.807) is 17.5 Å². The van der Waals surface area contributed by atoms with Gasteiger partial charge < -0.3 is 0 Å². The van der Waals surface area contributed by atoms with Crippen molar-refractivity contribution in [3.63, 3.8) is 0 Å². The molecule has 5 heteroatoms. The molecule has 0 aliphatic rings. The van der Waals surface area contributed by atoms with Gasteiger partial charge in [0.05, 0.1) is 5.57 Å². The van der Waals surface area contributed by atoms with E-state index in [-0.39, 0.29) is 0 Å². The number of thiol groups is 1. The van der Waals surface area contributed by atoms with E-state index in [1.165, 1.54) is 11.3 Å². The van der Waals surface area contributed by atoms with E-state index in [2.05, 4.69) is 36.7 Å². The molecule has 2 aromatic rings. The van der Waals surface area contributed by atoms with Gasteiger partial charge in [-0.25, -0.2) is 4.98 Å². The lowest BCUT2D eigenvalue weighted by Crippen LogP contribution is -1.77. The minimum atomic E-state index is 0.601. The Labute approximate surface area is 139 Å². The third-order valence-electron chi connectivity index (χ3n) is 2.35. The third kappa shape index (κ3) is 5.16. The maximum atomic E-state index is 9.19. The first-order valence-corrected chi connectivity index (χ1v) is 8.90. The van der Waals surface area contributed by atoms with Crippen LogP contribution in [0.1, 0.15) is 42.0 Å². The Bertz CT molecular complexity index is 643. The van der Waals surface area contributed by atoms with Gasteiger partial charge in [0.15, 0.2) is 0 Å². The topological polar surface area (TPSA) is 36.7 Å². The fourth-order valence-corrected chi connectivity index (χ4v) is 3.39. The van der Waals surface area contributed by atoms with Gasteiger partial charge in [-0.2, -0.15) is 5.26 Å². The Balaban J connectivity index is 0.00000106. The molecule has 0 fully saturated rings. The lowest BCUT2D eigenvalue weighted by Gasteiger charge is -1.93. The molecule has 0 atom stereocenters. The summed E-state index contributed by atoms with van der Waals surface area (Å²) < 4.78 is 0. The number of rotatable bonds is 4. The first-order chi connectivity index (χ1) is 10.2. The average Bonchev–Trinajstić information content (AvgIpc) is 3.18. The highest BCUT2D eigenvalue weighted by molar-refractivity contribution is 7.90. The van der Waals surface area contributed by atoms with Crippen molar-refractivity contribution in [2.45, 2.75) is 27.2 Å². The molecule has 2 aromatic heterocycles. The molecule has 0 aromatic carbocycles. The van der Waals surface area contributed by atoms with Gasteiger partial charge >= 0.3 is 0 Å². The Morgan fingerprint density at radius 2 is 2.19 bits per heavy atom.